The molecule has 0 saturated heterocycles. The predicted molar refractivity (Wildman–Crippen MR) is 76.1 cm³/mol. The van der Waals surface area contributed by atoms with Crippen LogP contribution in [0.5, 0.6) is 5.75 Å². The first kappa shape index (κ1) is 14.5. The summed E-state index contributed by atoms with van der Waals surface area (Å²) in [7, 11) is -3.98. The summed E-state index contributed by atoms with van der Waals surface area (Å²) in [5.41, 5.74) is 0. The van der Waals surface area contributed by atoms with Crippen LogP contribution in [0, 0.1) is 5.82 Å². The minimum Gasteiger partial charge on any atom is -0.378 e. The Bertz CT molecular complexity index is 699. The third-order valence-corrected chi connectivity index (χ3v) is 4.56. The Labute approximate surface area is 126 Å². The van der Waals surface area contributed by atoms with Crippen LogP contribution < -0.4 is 4.18 Å². The topological polar surface area (TPSA) is 43.4 Å². The third kappa shape index (κ3) is 3.55. The normalized spacial score (nSPS) is 11.3. The maximum atomic E-state index is 12.8. The van der Waals surface area contributed by atoms with Crippen molar-refractivity contribution in [3.05, 3.63) is 57.2 Å². The van der Waals surface area contributed by atoms with E-state index in [-0.39, 0.29) is 10.6 Å². The largest absolute Gasteiger partial charge is 0.378 e. The van der Waals surface area contributed by atoms with Gasteiger partial charge in [-0.25, -0.2) is 4.39 Å². The van der Waals surface area contributed by atoms with Gasteiger partial charge in [-0.15, -0.1) is 0 Å². The number of hydrogen-bond acceptors (Lipinski definition) is 3. The zero-order valence-electron chi connectivity index (χ0n) is 9.31. The molecule has 0 unspecified atom stereocenters. The fourth-order valence-corrected chi connectivity index (χ4v) is 3.49. The Morgan fingerprint density at radius 3 is 2.21 bits per heavy atom. The van der Waals surface area contributed by atoms with E-state index >= 15 is 0 Å². The van der Waals surface area contributed by atoms with Gasteiger partial charge in [-0.2, -0.15) is 8.42 Å². The molecule has 2 aromatic rings. The Kier molecular flexibility index (Phi) is 4.27. The van der Waals surface area contributed by atoms with Gasteiger partial charge in [0.15, 0.2) is 5.75 Å². The second kappa shape index (κ2) is 5.60. The van der Waals surface area contributed by atoms with E-state index in [0.29, 0.717) is 4.47 Å². The monoisotopic (exact) mass is 408 g/mol. The van der Waals surface area contributed by atoms with Crippen molar-refractivity contribution in [2.24, 2.45) is 0 Å². The van der Waals surface area contributed by atoms with E-state index in [9.17, 15) is 12.8 Å². The molecule has 0 N–H and O–H groups in total. The molecule has 100 valence electrons. The molecule has 19 heavy (non-hydrogen) atoms. The highest BCUT2D eigenvalue weighted by molar-refractivity contribution is 9.11. The minimum atomic E-state index is -3.98. The number of halogens is 3. The molecule has 2 aromatic carbocycles. The molecule has 0 aliphatic heterocycles. The van der Waals surface area contributed by atoms with Crippen molar-refractivity contribution in [2.45, 2.75) is 4.90 Å². The SMILES string of the molecule is O=S(=O)(Oc1ccc(Br)cc1Br)c1ccc(F)cc1. The molecule has 0 aromatic heterocycles. The van der Waals surface area contributed by atoms with Gasteiger partial charge in [-0.1, -0.05) is 15.9 Å². The van der Waals surface area contributed by atoms with Gasteiger partial charge in [0.05, 0.1) is 4.47 Å². The van der Waals surface area contributed by atoms with Gasteiger partial charge in [-0.3, -0.25) is 0 Å². The van der Waals surface area contributed by atoms with Crippen LogP contribution in [0.3, 0.4) is 0 Å². The number of hydrogen-bond donors (Lipinski definition) is 0. The average Bonchev–Trinajstić information content (AvgIpc) is 2.33. The molecular weight excluding hydrogens is 403 g/mol. The molecular formula is C12H7Br2FO3S. The van der Waals surface area contributed by atoms with E-state index in [1.807, 2.05) is 0 Å². The smallest absolute Gasteiger partial charge is 0.339 e. The summed E-state index contributed by atoms with van der Waals surface area (Å²) in [4.78, 5) is -0.108. The summed E-state index contributed by atoms with van der Waals surface area (Å²) in [6.07, 6.45) is 0. The molecule has 0 aliphatic carbocycles. The van der Waals surface area contributed by atoms with E-state index in [1.54, 1.807) is 12.1 Å². The molecule has 0 spiro atoms. The quantitative estimate of drug-likeness (QED) is 0.716. The first-order valence-electron chi connectivity index (χ1n) is 5.03. The van der Waals surface area contributed by atoms with Crippen molar-refractivity contribution < 1.29 is 17.0 Å². The third-order valence-electron chi connectivity index (χ3n) is 2.20. The van der Waals surface area contributed by atoms with Gasteiger partial charge in [-0.05, 0) is 58.4 Å². The molecule has 7 heteroatoms. The lowest BCUT2D eigenvalue weighted by Crippen LogP contribution is -2.10. The Morgan fingerprint density at radius 1 is 1.00 bits per heavy atom. The molecule has 0 bridgehead atoms. The van der Waals surface area contributed by atoms with Crippen LogP contribution in [0.15, 0.2) is 56.3 Å². The van der Waals surface area contributed by atoms with Crippen molar-refractivity contribution in [2.75, 3.05) is 0 Å². The summed E-state index contributed by atoms with van der Waals surface area (Å²) in [5.74, 6) is -0.351. The fraction of sp³-hybridized carbons (Fsp3) is 0. The van der Waals surface area contributed by atoms with E-state index in [1.165, 1.54) is 6.07 Å². The standard InChI is InChI=1S/C12H7Br2FO3S/c13-8-1-6-12(11(14)7-8)18-19(16,17)10-4-2-9(15)3-5-10/h1-7H. The van der Waals surface area contributed by atoms with Crippen molar-refractivity contribution in [3.8, 4) is 5.75 Å². The molecule has 0 atom stereocenters. The van der Waals surface area contributed by atoms with Crippen molar-refractivity contribution in [1.29, 1.82) is 0 Å². The number of benzene rings is 2. The first-order chi connectivity index (χ1) is 8.88. The van der Waals surface area contributed by atoms with Crippen LogP contribution in [-0.4, -0.2) is 8.42 Å². The van der Waals surface area contributed by atoms with Crippen LogP contribution >= 0.6 is 31.9 Å². The van der Waals surface area contributed by atoms with E-state index < -0.39 is 15.9 Å². The Balaban J connectivity index is 2.33. The summed E-state index contributed by atoms with van der Waals surface area (Å²) in [6.45, 7) is 0. The number of rotatable bonds is 3. The van der Waals surface area contributed by atoms with Crippen molar-refractivity contribution in [3.63, 3.8) is 0 Å². The van der Waals surface area contributed by atoms with Crippen LogP contribution in [0.2, 0.25) is 0 Å². The fourth-order valence-electron chi connectivity index (χ4n) is 1.31. The van der Waals surface area contributed by atoms with Crippen LogP contribution in [0.4, 0.5) is 4.39 Å². The highest BCUT2D eigenvalue weighted by Gasteiger charge is 2.18. The summed E-state index contributed by atoms with van der Waals surface area (Å²) in [6, 6.07) is 9.25. The summed E-state index contributed by atoms with van der Waals surface area (Å²) >= 11 is 6.46. The molecule has 0 radical (unpaired) electrons. The van der Waals surface area contributed by atoms with Crippen molar-refractivity contribution in [1.82, 2.24) is 0 Å². The highest BCUT2D eigenvalue weighted by atomic mass is 79.9. The zero-order chi connectivity index (χ0) is 14.0. The van der Waals surface area contributed by atoms with E-state index in [2.05, 4.69) is 31.9 Å². The summed E-state index contributed by atoms with van der Waals surface area (Å²) in [5, 5.41) is 0. The first-order valence-corrected chi connectivity index (χ1v) is 8.03. The molecule has 0 fully saturated rings. The molecule has 3 nitrogen and oxygen atoms in total. The van der Waals surface area contributed by atoms with Gasteiger partial charge in [0, 0.05) is 4.47 Å². The van der Waals surface area contributed by atoms with Gasteiger partial charge >= 0.3 is 10.1 Å². The second-order valence-corrected chi connectivity index (χ2v) is 6.88. The van der Waals surface area contributed by atoms with Gasteiger partial charge in [0.1, 0.15) is 10.7 Å². The maximum Gasteiger partial charge on any atom is 0.339 e. The van der Waals surface area contributed by atoms with Crippen molar-refractivity contribution >= 4 is 42.0 Å². The predicted octanol–water partition coefficient (Wildman–Crippen LogP) is 4.12. The molecule has 0 aliphatic rings. The average molecular weight is 410 g/mol. The lowest BCUT2D eigenvalue weighted by Gasteiger charge is -2.08. The zero-order valence-corrected chi connectivity index (χ0v) is 13.3. The van der Waals surface area contributed by atoms with Crippen LogP contribution in [-0.2, 0) is 10.1 Å². The summed E-state index contributed by atoms with van der Waals surface area (Å²) < 4.78 is 43.0. The van der Waals surface area contributed by atoms with Gasteiger partial charge in [0.25, 0.3) is 0 Å². The lowest BCUT2D eigenvalue weighted by molar-refractivity contribution is 0.484. The van der Waals surface area contributed by atoms with E-state index in [4.69, 9.17) is 4.18 Å². The highest BCUT2D eigenvalue weighted by Crippen LogP contribution is 2.30. The molecule has 2 rings (SSSR count). The molecule has 0 amide bonds. The maximum absolute atomic E-state index is 12.8. The van der Waals surface area contributed by atoms with Crippen LogP contribution in [0.25, 0.3) is 0 Å². The second-order valence-electron chi connectivity index (χ2n) is 3.57. The van der Waals surface area contributed by atoms with Crippen LogP contribution in [0.1, 0.15) is 0 Å². The van der Waals surface area contributed by atoms with Gasteiger partial charge in [0.2, 0.25) is 0 Å². The minimum absolute atomic E-state index is 0.108. The van der Waals surface area contributed by atoms with E-state index in [0.717, 1.165) is 28.7 Å². The Morgan fingerprint density at radius 2 is 1.63 bits per heavy atom. The molecule has 0 saturated carbocycles. The lowest BCUT2D eigenvalue weighted by atomic mass is 10.3. The molecule has 0 heterocycles. The Hall–Kier alpha value is -0.920. The van der Waals surface area contributed by atoms with Gasteiger partial charge < -0.3 is 4.18 Å².